The average Bonchev–Trinajstić information content (AvgIpc) is 2.19. The van der Waals surface area contributed by atoms with Crippen LogP contribution in [0.25, 0.3) is 0 Å². The second-order valence-corrected chi connectivity index (χ2v) is 5.72. The first-order valence-electron chi connectivity index (χ1n) is 5.46. The Morgan fingerprint density at radius 1 is 1.07 bits per heavy atom. The maximum absolute atomic E-state index is 12.1. The molecule has 1 saturated heterocycles. The van der Waals surface area contributed by atoms with Crippen molar-refractivity contribution in [2.75, 3.05) is 46.3 Å². The summed E-state index contributed by atoms with van der Waals surface area (Å²) < 4.78 is 27.3. The van der Waals surface area contributed by atoms with Gasteiger partial charge in [-0.1, -0.05) is 13.8 Å². The SMILES string of the molecule is CCN(CC)S(=O)(=O)N1CCN(C)CC1. The summed E-state index contributed by atoms with van der Waals surface area (Å²) in [4.78, 5) is 2.15. The zero-order valence-corrected chi connectivity index (χ0v) is 10.6. The van der Waals surface area contributed by atoms with Crippen LogP contribution in [-0.4, -0.2) is 68.2 Å². The topological polar surface area (TPSA) is 43.9 Å². The molecule has 6 heteroatoms. The van der Waals surface area contributed by atoms with E-state index in [0.29, 0.717) is 26.2 Å². The quantitative estimate of drug-likeness (QED) is 0.679. The molecule has 0 aromatic heterocycles. The van der Waals surface area contributed by atoms with Gasteiger partial charge in [0, 0.05) is 39.3 Å². The van der Waals surface area contributed by atoms with Crippen LogP contribution in [0, 0.1) is 0 Å². The Morgan fingerprint density at radius 2 is 1.53 bits per heavy atom. The third-order valence-corrected chi connectivity index (χ3v) is 5.01. The highest BCUT2D eigenvalue weighted by Gasteiger charge is 2.29. The van der Waals surface area contributed by atoms with Crippen LogP contribution in [0.2, 0.25) is 0 Å². The largest absolute Gasteiger partial charge is 0.304 e. The standard InChI is InChI=1S/C9H21N3O2S/c1-4-11(5-2)15(13,14)12-8-6-10(3)7-9-12/h4-9H2,1-3H3. The first-order valence-corrected chi connectivity index (χ1v) is 6.85. The first kappa shape index (κ1) is 12.9. The van der Waals surface area contributed by atoms with Crippen molar-refractivity contribution in [3.05, 3.63) is 0 Å². The molecule has 1 aliphatic rings. The number of likely N-dealkylation sites (N-methyl/N-ethyl adjacent to an activating group) is 1. The van der Waals surface area contributed by atoms with Gasteiger partial charge in [0.2, 0.25) is 0 Å². The molecule has 0 N–H and O–H groups in total. The fourth-order valence-electron chi connectivity index (χ4n) is 1.73. The summed E-state index contributed by atoms with van der Waals surface area (Å²) in [5.41, 5.74) is 0. The van der Waals surface area contributed by atoms with E-state index in [1.54, 1.807) is 4.31 Å². The molecule has 15 heavy (non-hydrogen) atoms. The molecule has 0 aliphatic carbocycles. The van der Waals surface area contributed by atoms with Gasteiger partial charge in [-0.15, -0.1) is 0 Å². The molecule has 0 saturated carbocycles. The molecule has 0 unspecified atom stereocenters. The van der Waals surface area contributed by atoms with Crippen LogP contribution >= 0.6 is 0 Å². The van der Waals surface area contributed by atoms with Gasteiger partial charge in [-0.05, 0) is 7.05 Å². The van der Waals surface area contributed by atoms with Crippen LogP contribution in [0.3, 0.4) is 0 Å². The monoisotopic (exact) mass is 235 g/mol. The van der Waals surface area contributed by atoms with Gasteiger partial charge in [0.25, 0.3) is 10.2 Å². The predicted octanol–water partition coefficient (Wildman–Crippen LogP) is -0.180. The Hall–Kier alpha value is -0.170. The molecule has 0 aromatic rings. The van der Waals surface area contributed by atoms with Crippen LogP contribution in [0.1, 0.15) is 13.8 Å². The van der Waals surface area contributed by atoms with E-state index >= 15 is 0 Å². The van der Waals surface area contributed by atoms with E-state index in [0.717, 1.165) is 13.1 Å². The van der Waals surface area contributed by atoms with Gasteiger partial charge < -0.3 is 4.90 Å². The summed E-state index contributed by atoms with van der Waals surface area (Å²) in [5, 5.41) is 0. The Kier molecular flexibility index (Phi) is 4.51. The van der Waals surface area contributed by atoms with Crippen LogP contribution < -0.4 is 0 Å². The highest BCUT2D eigenvalue weighted by atomic mass is 32.2. The number of piperazine rings is 1. The summed E-state index contributed by atoms with van der Waals surface area (Å²) in [6.45, 7) is 7.69. The van der Waals surface area contributed by atoms with E-state index in [2.05, 4.69) is 4.90 Å². The van der Waals surface area contributed by atoms with E-state index < -0.39 is 10.2 Å². The van der Waals surface area contributed by atoms with E-state index in [-0.39, 0.29) is 0 Å². The summed E-state index contributed by atoms with van der Waals surface area (Å²) in [6, 6.07) is 0. The molecule has 5 nitrogen and oxygen atoms in total. The van der Waals surface area contributed by atoms with Crippen LogP contribution in [0.5, 0.6) is 0 Å². The third kappa shape index (κ3) is 2.90. The zero-order chi connectivity index (χ0) is 11.5. The molecule has 0 amide bonds. The lowest BCUT2D eigenvalue weighted by molar-refractivity contribution is 0.212. The van der Waals surface area contributed by atoms with Crippen molar-refractivity contribution in [2.45, 2.75) is 13.8 Å². The average molecular weight is 235 g/mol. The maximum atomic E-state index is 12.1. The fraction of sp³-hybridized carbons (Fsp3) is 1.00. The smallest absolute Gasteiger partial charge is 0.282 e. The first-order chi connectivity index (χ1) is 7.02. The van der Waals surface area contributed by atoms with E-state index in [9.17, 15) is 8.42 Å². The van der Waals surface area contributed by atoms with Gasteiger partial charge >= 0.3 is 0 Å². The van der Waals surface area contributed by atoms with Crippen molar-refractivity contribution in [1.29, 1.82) is 0 Å². The Bertz CT molecular complexity index is 280. The fourth-order valence-corrected chi connectivity index (χ4v) is 3.34. The molecule has 0 radical (unpaired) electrons. The number of nitrogens with zero attached hydrogens (tertiary/aromatic N) is 3. The second-order valence-electron chi connectivity index (χ2n) is 3.79. The summed E-state index contributed by atoms with van der Waals surface area (Å²) in [5.74, 6) is 0. The van der Waals surface area contributed by atoms with Crippen molar-refractivity contribution in [1.82, 2.24) is 13.5 Å². The van der Waals surface area contributed by atoms with Gasteiger partial charge in [-0.2, -0.15) is 17.0 Å². The molecule has 1 fully saturated rings. The maximum Gasteiger partial charge on any atom is 0.282 e. The molecule has 0 atom stereocenters. The molecule has 0 aromatic carbocycles. The van der Waals surface area contributed by atoms with E-state index in [1.807, 2.05) is 20.9 Å². The van der Waals surface area contributed by atoms with Crippen LogP contribution in [0.4, 0.5) is 0 Å². The minimum atomic E-state index is -3.21. The van der Waals surface area contributed by atoms with Gasteiger partial charge in [-0.25, -0.2) is 0 Å². The summed E-state index contributed by atoms with van der Waals surface area (Å²) in [6.07, 6.45) is 0. The lowest BCUT2D eigenvalue weighted by Gasteiger charge is -2.34. The van der Waals surface area contributed by atoms with Gasteiger partial charge in [0.15, 0.2) is 0 Å². The van der Waals surface area contributed by atoms with Crippen molar-refractivity contribution in [2.24, 2.45) is 0 Å². The molecule has 90 valence electrons. The number of rotatable bonds is 4. The second kappa shape index (κ2) is 5.25. The van der Waals surface area contributed by atoms with Gasteiger partial charge in [0.05, 0.1) is 0 Å². The Labute approximate surface area is 92.8 Å². The zero-order valence-electron chi connectivity index (χ0n) is 9.81. The predicted molar refractivity (Wildman–Crippen MR) is 60.9 cm³/mol. The lowest BCUT2D eigenvalue weighted by atomic mass is 10.4. The normalized spacial score (nSPS) is 21.1. The molecule has 1 rings (SSSR count). The molecule has 1 aliphatic heterocycles. The molecule has 1 heterocycles. The van der Waals surface area contributed by atoms with Crippen molar-refractivity contribution < 1.29 is 8.42 Å². The third-order valence-electron chi connectivity index (χ3n) is 2.82. The summed E-state index contributed by atoms with van der Waals surface area (Å²) >= 11 is 0. The molecular weight excluding hydrogens is 214 g/mol. The minimum absolute atomic E-state index is 0.547. The lowest BCUT2D eigenvalue weighted by Crippen LogP contribution is -2.52. The van der Waals surface area contributed by atoms with Crippen LogP contribution in [-0.2, 0) is 10.2 Å². The molecular formula is C9H21N3O2S. The van der Waals surface area contributed by atoms with Crippen molar-refractivity contribution in [3.63, 3.8) is 0 Å². The van der Waals surface area contributed by atoms with Gasteiger partial charge in [-0.3, -0.25) is 0 Å². The van der Waals surface area contributed by atoms with Crippen molar-refractivity contribution in [3.8, 4) is 0 Å². The minimum Gasteiger partial charge on any atom is -0.304 e. The highest BCUT2D eigenvalue weighted by molar-refractivity contribution is 7.86. The van der Waals surface area contributed by atoms with E-state index in [1.165, 1.54) is 4.31 Å². The Balaban J connectivity index is 2.69. The van der Waals surface area contributed by atoms with E-state index in [4.69, 9.17) is 0 Å². The molecule has 0 bridgehead atoms. The van der Waals surface area contributed by atoms with Crippen LogP contribution in [0.15, 0.2) is 0 Å². The van der Waals surface area contributed by atoms with Gasteiger partial charge in [0.1, 0.15) is 0 Å². The molecule has 0 spiro atoms. The summed E-state index contributed by atoms with van der Waals surface area (Å²) in [7, 11) is -1.19. The number of hydrogen-bond acceptors (Lipinski definition) is 3. The number of hydrogen-bond donors (Lipinski definition) is 0. The van der Waals surface area contributed by atoms with Crippen molar-refractivity contribution >= 4 is 10.2 Å². The Morgan fingerprint density at radius 3 is 1.93 bits per heavy atom. The highest BCUT2D eigenvalue weighted by Crippen LogP contribution is 2.10.